The lowest BCUT2D eigenvalue weighted by Gasteiger charge is -2.26. The van der Waals surface area contributed by atoms with Gasteiger partial charge >= 0.3 is 0 Å². The molecule has 156 valence electrons. The van der Waals surface area contributed by atoms with Crippen LogP contribution in [0.5, 0.6) is 5.75 Å². The van der Waals surface area contributed by atoms with Gasteiger partial charge in [0.05, 0.1) is 18.8 Å². The van der Waals surface area contributed by atoms with Crippen molar-refractivity contribution >= 4 is 17.5 Å². The Bertz CT molecular complexity index is 1270. The van der Waals surface area contributed by atoms with Crippen molar-refractivity contribution in [3.8, 4) is 17.0 Å². The molecular formula is C24H20ClN3O3. The molecule has 0 saturated carbocycles. The van der Waals surface area contributed by atoms with Gasteiger partial charge in [-0.25, -0.2) is 0 Å². The number of aromatic amines is 1. The van der Waals surface area contributed by atoms with Gasteiger partial charge in [-0.2, -0.15) is 5.10 Å². The van der Waals surface area contributed by atoms with E-state index in [1.54, 1.807) is 29.4 Å². The van der Waals surface area contributed by atoms with Gasteiger partial charge in [0.1, 0.15) is 22.9 Å². The van der Waals surface area contributed by atoms with Crippen molar-refractivity contribution in [2.45, 2.75) is 26.4 Å². The highest BCUT2D eigenvalue weighted by Gasteiger charge is 2.43. The van der Waals surface area contributed by atoms with Crippen molar-refractivity contribution in [2.24, 2.45) is 0 Å². The summed E-state index contributed by atoms with van der Waals surface area (Å²) >= 11 is 6.29. The number of furan rings is 1. The first-order valence-corrected chi connectivity index (χ1v) is 10.3. The quantitative estimate of drug-likeness (QED) is 0.452. The number of rotatable bonds is 4. The molecule has 2 aromatic heterocycles. The average Bonchev–Trinajstić information content (AvgIpc) is 3.42. The molecule has 2 N–H and O–H groups in total. The second-order valence-electron chi connectivity index (χ2n) is 7.81. The summed E-state index contributed by atoms with van der Waals surface area (Å²) in [7, 11) is 0. The molecule has 0 radical (unpaired) electrons. The van der Waals surface area contributed by atoms with E-state index >= 15 is 0 Å². The van der Waals surface area contributed by atoms with Gasteiger partial charge in [-0.3, -0.25) is 9.89 Å². The van der Waals surface area contributed by atoms with Gasteiger partial charge < -0.3 is 14.4 Å². The number of nitrogens with zero attached hydrogens (tertiary/aromatic N) is 2. The number of aryl methyl sites for hydroxylation is 2. The Morgan fingerprint density at radius 1 is 1.19 bits per heavy atom. The number of fused-ring (bicyclic) bond motifs is 1. The van der Waals surface area contributed by atoms with Crippen molar-refractivity contribution < 1.29 is 14.3 Å². The van der Waals surface area contributed by atoms with Crippen LogP contribution in [0.1, 0.15) is 44.5 Å². The molecule has 2 aromatic carbocycles. The van der Waals surface area contributed by atoms with Crippen LogP contribution >= 0.6 is 11.6 Å². The molecule has 1 aliphatic rings. The van der Waals surface area contributed by atoms with Crippen molar-refractivity contribution in [3.63, 3.8) is 0 Å². The molecule has 0 unspecified atom stereocenters. The molecule has 7 heteroatoms. The first kappa shape index (κ1) is 19.5. The molecule has 0 spiro atoms. The summed E-state index contributed by atoms with van der Waals surface area (Å²) in [5.74, 6) is 0.627. The van der Waals surface area contributed by atoms with E-state index in [9.17, 15) is 9.90 Å². The summed E-state index contributed by atoms with van der Waals surface area (Å²) in [6.07, 6.45) is 1.59. The third-order valence-electron chi connectivity index (χ3n) is 5.63. The topological polar surface area (TPSA) is 82.4 Å². The van der Waals surface area contributed by atoms with Crippen LogP contribution in [-0.4, -0.2) is 26.1 Å². The monoisotopic (exact) mass is 433 g/mol. The lowest BCUT2D eigenvalue weighted by molar-refractivity contribution is 0.0717. The number of amides is 1. The molecule has 0 fully saturated rings. The second-order valence-corrected chi connectivity index (χ2v) is 8.24. The number of carbonyl (C=O) groups excluding carboxylic acids is 1. The molecule has 31 heavy (non-hydrogen) atoms. The molecule has 1 amide bonds. The molecule has 1 atom stereocenters. The zero-order valence-electron chi connectivity index (χ0n) is 17.0. The Kier molecular flexibility index (Phi) is 4.59. The van der Waals surface area contributed by atoms with E-state index in [0.717, 1.165) is 22.3 Å². The van der Waals surface area contributed by atoms with Crippen LogP contribution in [0.3, 0.4) is 0 Å². The molecule has 3 heterocycles. The van der Waals surface area contributed by atoms with Crippen molar-refractivity contribution in [1.82, 2.24) is 15.1 Å². The Labute approximate surface area is 184 Å². The summed E-state index contributed by atoms with van der Waals surface area (Å²) in [5.41, 5.74) is 5.00. The second kappa shape index (κ2) is 7.32. The van der Waals surface area contributed by atoms with Crippen LogP contribution in [0, 0.1) is 13.8 Å². The van der Waals surface area contributed by atoms with Crippen molar-refractivity contribution in [1.29, 1.82) is 0 Å². The summed E-state index contributed by atoms with van der Waals surface area (Å²) in [6, 6.07) is 14.3. The highest BCUT2D eigenvalue weighted by Crippen LogP contribution is 2.46. The Morgan fingerprint density at radius 2 is 2.03 bits per heavy atom. The maximum atomic E-state index is 13.4. The normalized spacial score (nSPS) is 15.5. The number of phenolic OH excluding ortho intramolecular Hbond substituents is 1. The number of aromatic hydroxyl groups is 1. The summed E-state index contributed by atoms with van der Waals surface area (Å²) in [5, 5.41) is 18.7. The summed E-state index contributed by atoms with van der Waals surface area (Å²) < 4.78 is 5.51. The first-order valence-electron chi connectivity index (χ1n) is 9.91. The number of hydrogen-bond acceptors (Lipinski definition) is 4. The maximum Gasteiger partial charge on any atom is 0.273 e. The molecule has 0 saturated heterocycles. The fourth-order valence-electron chi connectivity index (χ4n) is 4.40. The van der Waals surface area contributed by atoms with Crippen LogP contribution in [0.4, 0.5) is 0 Å². The number of halogens is 1. The minimum Gasteiger partial charge on any atom is -0.507 e. The molecule has 0 aliphatic carbocycles. The fourth-order valence-corrected chi connectivity index (χ4v) is 4.60. The maximum absolute atomic E-state index is 13.4. The van der Waals surface area contributed by atoms with Crippen LogP contribution < -0.4 is 0 Å². The number of H-pyrrole nitrogens is 1. The van der Waals surface area contributed by atoms with E-state index in [0.29, 0.717) is 34.3 Å². The molecule has 5 rings (SSSR count). The Balaban J connectivity index is 1.71. The lowest BCUT2D eigenvalue weighted by atomic mass is 9.93. The van der Waals surface area contributed by atoms with E-state index in [-0.39, 0.29) is 11.7 Å². The van der Waals surface area contributed by atoms with Gasteiger partial charge in [-0.05, 0) is 60.9 Å². The van der Waals surface area contributed by atoms with Gasteiger partial charge in [0.25, 0.3) is 5.91 Å². The molecular weight excluding hydrogens is 414 g/mol. The SMILES string of the molecule is Cc1cc(C)c(-c2n[nH]c3c2[C@H](c2cccc(Cl)c2)N(Cc2ccco2)C3=O)c(O)c1. The number of nitrogens with one attached hydrogen (secondary N) is 1. The largest absolute Gasteiger partial charge is 0.507 e. The number of carbonyl (C=O) groups is 1. The first-order chi connectivity index (χ1) is 14.9. The van der Waals surface area contributed by atoms with Gasteiger partial charge in [0.15, 0.2) is 0 Å². The average molecular weight is 434 g/mol. The highest BCUT2D eigenvalue weighted by molar-refractivity contribution is 6.30. The smallest absolute Gasteiger partial charge is 0.273 e. The molecule has 0 bridgehead atoms. The molecule has 4 aromatic rings. The molecule has 6 nitrogen and oxygen atoms in total. The Morgan fingerprint density at radius 3 is 2.74 bits per heavy atom. The van der Waals surface area contributed by atoms with Gasteiger partial charge in [0.2, 0.25) is 0 Å². The minimum absolute atomic E-state index is 0.133. The number of benzene rings is 2. The van der Waals surface area contributed by atoms with Crippen molar-refractivity contribution in [3.05, 3.63) is 93.5 Å². The Hall–Kier alpha value is -3.51. The van der Waals surface area contributed by atoms with E-state index in [4.69, 9.17) is 16.0 Å². The van der Waals surface area contributed by atoms with E-state index in [1.807, 2.05) is 44.2 Å². The summed E-state index contributed by atoms with van der Waals surface area (Å²) in [4.78, 5) is 15.1. The third kappa shape index (κ3) is 3.20. The van der Waals surface area contributed by atoms with E-state index in [2.05, 4.69) is 10.2 Å². The number of aromatic nitrogens is 2. The van der Waals surface area contributed by atoms with E-state index in [1.165, 1.54) is 0 Å². The van der Waals surface area contributed by atoms with E-state index < -0.39 is 6.04 Å². The zero-order chi connectivity index (χ0) is 21.7. The van der Waals surface area contributed by atoms with Crippen LogP contribution in [0.15, 0.2) is 59.2 Å². The standard InChI is InChI=1S/C24H20ClN3O3/c1-13-9-14(2)19(18(29)10-13)21-20-22(27-26-21)24(30)28(12-17-7-4-8-31-17)23(20)15-5-3-6-16(25)11-15/h3-11,23,29H,12H2,1-2H3,(H,26,27)/t23-/m0/s1. The lowest BCUT2D eigenvalue weighted by Crippen LogP contribution is -2.29. The predicted octanol–water partition coefficient (Wildman–Crippen LogP) is 5.39. The predicted molar refractivity (Wildman–Crippen MR) is 117 cm³/mol. The minimum atomic E-state index is -0.430. The third-order valence-corrected chi connectivity index (χ3v) is 5.87. The van der Waals surface area contributed by atoms with Crippen molar-refractivity contribution in [2.75, 3.05) is 0 Å². The van der Waals surface area contributed by atoms with Crippen LogP contribution in [0.25, 0.3) is 11.3 Å². The molecule has 1 aliphatic heterocycles. The number of phenols is 1. The van der Waals surface area contributed by atoms with Gasteiger partial charge in [-0.15, -0.1) is 0 Å². The van der Waals surface area contributed by atoms with Gasteiger partial charge in [0, 0.05) is 16.1 Å². The van der Waals surface area contributed by atoms with Crippen LogP contribution in [0.2, 0.25) is 5.02 Å². The fraction of sp³-hybridized carbons (Fsp3) is 0.167. The van der Waals surface area contributed by atoms with Gasteiger partial charge in [-0.1, -0.05) is 29.8 Å². The zero-order valence-corrected chi connectivity index (χ0v) is 17.8. The number of hydrogen-bond donors (Lipinski definition) is 2. The summed E-state index contributed by atoms with van der Waals surface area (Å²) in [6.45, 7) is 4.15. The highest BCUT2D eigenvalue weighted by atomic mass is 35.5. The van der Waals surface area contributed by atoms with Crippen LogP contribution in [-0.2, 0) is 6.54 Å².